The van der Waals surface area contributed by atoms with E-state index < -0.39 is 6.10 Å². The average Bonchev–Trinajstić information content (AvgIpc) is 3.02. The van der Waals surface area contributed by atoms with E-state index in [4.69, 9.17) is 4.74 Å². The fraction of sp³-hybridized carbons (Fsp3) is 0.421. The van der Waals surface area contributed by atoms with Gasteiger partial charge in [0.05, 0.1) is 19.3 Å². The molecule has 8 heteroatoms. The number of nitrogens with one attached hydrogen (secondary N) is 1. The van der Waals surface area contributed by atoms with Crippen molar-refractivity contribution in [1.29, 1.82) is 0 Å². The number of fused-ring (bicyclic) bond motifs is 1. The molecule has 2 N–H and O–H groups in total. The Bertz CT molecular complexity index is 833. The maximum absolute atomic E-state index is 13.1. The number of nitrogens with zero attached hydrogens (tertiary/aromatic N) is 3. The molecule has 27 heavy (non-hydrogen) atoms. The van der Waals surface area contributed by atoms with E-state index in [-0.39, 0.29) is 36.3 Å². The van der Waals surface area contributed by atoms with Crippen molar-refractivity contribution in [3.8, 4) is 0 Å². The molecular formula is C19H24N4O4. The van der Waals surface area contributed by atoms with Gasteiger partial charge in [0, 0.05) is 32.8 Å². The maximum Gasteiger partial charge on any atom is 0.274 e. The van der Waals surface area contributed by atoms with Gasteiger partial charge in [-0.05, 0) is 18.1 Å². The van der Waals surface area contributed by atoms with Gasteiger partial charge in [0.1, 0.15) is 5.69 Å². The van der Waals surface area contributed by atoms with E-state index >= 15 is 0 Å². The minimum absolute atomic E-state index is 0.164. The lowest BCUT2D eigenvalue weighted by molar-refractivity contribution is 0.0672. The minimum atomic E-state index is -0.741. The smallest absolute Gasteiger partial charge is 0.274 e. The Kier molecular flexibility index (Phi) is 5.88. The zero-order valence-electron chi connectivity index (χ0n) is 15.5. The number of carbonyl (C=O) groups excluding carboxylic acids is 2. The molecule has 0 aliphatic carbocycles. The third-order valence-corrected chi connectivity index (χ3v) is 4.59. The Morgan fingerprint density at radius 2 is 2.22 bits per heavy atom. The summed E-state index contributed by atoms with van der Waals surface area (Å²) in [5.74, 6) is -0.626. The predicted molar refractivity (Wildman–Crippen MR) is 98.4 cm³/mol. The first-order valence-electron chi connectivity index (χ1n) is 8.86. The molecule has 8 nitrogen and oxygen atoms in total. The van der Waals surface area contributed by atoms with Crippen molar-refractivity contribution >= 4 is 11.8 Å². The Morgan fingerprint density at radius 1 is 1.44 bits per heavy atom. The molecule has 1 aliphatic heterocycles. The summed E-state index contributed by atoms with van der Waals surface area (Å²) < 4.78 is 6.53. The van der Waals surface area contributed by atoms with Crippen LogP contribution in [-0.2, 0) is 17.8 Å². The van der Waals surface area contributed by atoms with E-state index in [0.29, 0.717) is 19.7 Å². The average molecular weight is 372 g/mol. The molecule has 0 unspecified atom stereocenters. The number of methoxy groups -OCH3 is 1. The summed E-state index contributed by atoms with van der Waals surface area (Å²) in [7, 11) is 1.58. The minimum Gasteiger partial charge on any atom is -0.389 e. The summed E-state index contributed by atoms with van der Waals surface area (Å²) in [6.45, 7) is 3.55. The highest BCUT2D eigenvalue weighted by molar-refractivity contribution is 5.98. The third-order valence-electron chi connectivity index (χ3n) is 4.59. The predicted octanol–water partition coefficient (Wildman–Crippen LogP) is 0.585. The van der Waals surface area contributed by atoms with Gasteiger partial charge in [0.2, 0.25) is 0 Å². The van der Waals surface area contributed by atoms with Gasteiger partial charge in [-0.2, -0.15) is 5.10 Å². The first-order valence-corrected chi connectivity index (χ1v) is 8.86. The zero-order valence-corrected chi connectivity index (χ0v) is 15.5. The lowest BCUT2D eigenvalue weighted by atomic mass is 10.1. The Hall–Kier alpha value is -2.71. The summed E-state index contributed by atoms with van der Waals surface area (Å²) in [6, 6.07) is 9.35. The van der Waals surface area contributed by atoms with Crippen LogP contribution in [0.15, 0.2) is 30.3 Å². The molecule has 0 fully saturated rings. The summed E-state index contributed by atoms with van der Waals surface area (Å²) in [5.41, 5.74) is 2.59. The summed E-state index contributed by atoms with van der Waals surface area (Å²) in [5, 5.41) is 16.8. The fourth-order valence-electron chi connectivity index (χ4n) is 3.02. The third kappa shape index (κ3) is 4.35. The highest BCUT2D eigenvalue weighted by atomic mass is 16.5. The SMILES string of the molecule is COCCN(Cc1ccccc1C)C(=O)c1cc2n(n1)C[C@H](O)CNC2=O. The van der Waals surface area contributed by atoms with Crippen LogP contribution in [0.5, 0.6) is 0 Å². The van der Waals surface area contributed by atoms with Crippen molar-refractivity contribution < 1.29 is 19.4 Å². The van der Waals surface area contributed by atoms with Crippen molar-refractivity contribution in [1.82, 2.24) is 20.0 Å². The molecule has 0 saturated heterocycles. The van der Waals surface area contributed by atoms with Crippen molar-refractivity contribution in [2.45, 2.75) is 26.1 Å². The number of aliphatic hydroxyl groups excluding tert-OH is 1. The highest BCUT2D eigenvalue weighted by Crippen LogP contribution is 2.15. The number of carbonyl (C=O) groups is 2. The van der Waals surface area contributed by atoms with E-state index in [2.05, 4.69) is 10.4 Å². The van der Waals surface area contributed by atoms with Crippen LogP contribution >= 0.6 is 0 Å². The van der Waals surface area contributed by atoms with Crippen LogP contribution in [0.2, 0.25) is 0 Å². The summed E-state index contributed by atoms with van der Waals surface area (Å²) in [6.07, 6.45) is -0.741. The van der Waals surface area contributed by atoms with Crippen molar-refractivity contribution in [2.75, 3.05) is 26.8 Å². The molecule has 144 valence electrons. The maximum atomic E-state index is 13.1. The molecule has 1 atom stereocenters. The van der Waals surface area contributed by atoms with E-state index in [9.17, 15) is 14.7 Å². The number of aromatic nitrogens is 2. The number of aryl methyl sites for hydroxylation is 1. The number of amides is 2. The summed E-state index contributed by atoms with van der Waals surface area (Å²) in [4.78, 5) is 26.9. The number of hydrogen-bond acceptors (Lipinski definition) is 5. The van der Waals surface area contributed by atoms with Gasteiger partial charge in [-0.1, -0.05) is 24.3 Å². The number of rotatable bonds is 6. The molecule has 1 aliphatic rings. The quantitative estimate of drug-likeness (QED) is 0.773. The molecule has 1 aromatic heterocycles. The normalized spacial score (nSPS) is 16.4. The topological polar surface area (TPSA) is 96.7 Å². The van der Waals surface area contributed by atoms with Gasteiger partial charge in [-0.3, -0.25) is 14.3 Å². The molecule has 2 aromatic rings. The van der Waals surface area contributed by atoms with E-state index in [1.807, 2.05) is 31.2 Å². The molecule has 3 rings (SSSR count). The number of ether oxygens (including phenoxy) is 1. The number of aliphatic hydroxyl groups is 1. The first kappa shape index (κ1) is 19.1. The van der Waals surface area contributed by atoms with Gasteiger partial charge in [0.25, 0.3) is 11.8 Å². The Morgan fingerprint density at radius 3 is 2.96 bits per heavy atom. The van der Waals surface area contributed by atoms with Gasteiger partial charge in [0.15, 0.2) is 5.69 Å². The van der Waals surface area contributed by atoms with Gasteiger partial charge >= 0.3 is 0 Å². The second kappa shape index (κ2) is 8.32. The fourth-order valence-corrected chi connectivity index (χ4v) is 3.02. The molecule has 1 aromatic carbocycles. The van der Waals surface area contributed by atoms with E-state index in [1.165, 1.54) is 10.7 Å². The molecule has 0 saturated carbocycles. The van der Waals surface area contributed by atoms with Crippen LogP contribution < -0.4 is 5.32 Å². The molecule has 2 heterocycles. The number of β-amino-alcohol motifs (C(OH)–C–C–N with tert-alkyl or cyclic N) is 1. The van der Waals surface area contributed by atoms with Gasteiger partial charge < -0.3 is 20.1 Å². The number of hydrogen-bond donors (Lipinski definition) is 2. The van der Waals surface area contributed by atoms with Crippen molar-refractivity contribution in [2.24, 2.45) is 0 Å². The van der Waals surface area contributed by atoms with Crippen LogP contribution in [-0.4, -0.2) is 64.5 Å². The lowest BCUT2D eigenvalue weighted by Gasteiger charge is -2.22. The highest BCUT2D eigenvalue weighted by Gasteiger charge is 2.26. The second-order valence-electron chi connectivity index (χ2n) is 6.61. The van der Waals surface area contributed by atoms with E-state index in [0.717, 1.165) is 11.1 Å². The number of benzene rings is 1. The Balaban J connectivity index is 1.86. The van der Waals surface area contributed by atoms with Crippen LogP contribution in [0, 0.1) is 6.92 Å². The van der Waals surface area contributed by atoms with E-state index in [1.54, 1.807) is 12.0 Å². The molecule has 0 spiro atoms. The molecule has 0 radical (unpaired) electrons. The van der Waals surface area contributed by atoms with Crippen LogP contribution in [0.25, 0.3) is 0 Å². The zero-order chi connectivity index (χ0) is 19.4. The van der Waals surface area contributed by atoms with Crippen LogP contribution in [0.3, 0.4) is 0 Å². The largest absolute Gasteiger partial charge is 0.389 e. The monoisotopic (exact) mass is 372 g/mol. The molecule has 2 amide bonds. The summed E-state index contributed by atoms with van der Waals surface area (Å²) >= 11 is 0. The second-order valence-corrected chi connectivity index (χ2v) is 6.61. The standard InChI is InChI=1S/C19H24N4O4/c1-13-5-3-4-6-14(13)11-22(7-8-27-2)19(26)16-9-17-18(25)20-10-15(24)12-23(17)21-16/h3-6,9,15,24H,7-8,10-12H2,1-2H3,(H,20,25)/t15-/m1/s1. The molecule has 0 bridgehead atoms. The molecular weight excluding hydrogens is 348 g/mol. The Labute approximate surface area is 157 Å². The van der Waals surface area contributed by atoms with Crippen LogP contribution in [0.1, 0.15) is 32.1 Å². The lowest BCUT2D eigenvalue weighted by Crippen LogP contribution is -2.34. The first-order chi connectivity index (χ1) is 13.0. The van der Waals surface area contributed by atoms with Crippen molar-refractivity contribution in [3.05, 3.63) is 52.8 Å². The van der Waals surface area contributed by atoms with Crippen molar-refractivity contribution in [3.63, 3.8) is 0 Å². The van der Waals surface area contributed by atoms with Crippen LogP contribution in [0.4, 0.5) is 0 Å². The van der Waals surface area contributed by atoms with Gasteiger partial charge in [-0.15, -0.1) is 0 Å². The van der Waals surface area contributed by atoms with Gasteiger partial charge in [-0.25, -0.2) is 0 Å².